The Morgan fingerprint density at radius 1 is 1.67 bits per heavy atom. The van der Waals surface area contributed by atoms with Crippen molar-refractivity contribution >= 4 is 27.8 Å². The molecule has 4 nitrogen and oxygen atoms in total. The van der Waals surface area contributed by atoms with Gasteiger partial charge in [-0.15, -0.1) is 11.3 Å². The second-order valence-electron chi connectivity index (χ2n) is 4.83. The van der Waals surface area contributed by atoms with E-state index in [9.17, 15) is 4.79 Å². The molecule has 0 aromatic carbocycles. The summed E-state index contributed by atoms with van der Waals surface area (Å²) in [7, 11) is 2.16. The van der Waals surface area contributed by atoms with Gasteiger partial charge in [-0.05, 0) is 32.5 Å². The zero-order valence-electron chi connectivity index (χ0n) is 11.0. The third-order valence-corrected chi connectivity index (χ3v) is 4.67. The maximum atomic E-state index is 11.7. The van der Waals surface area contributed by atoms with Crippen molar-refractivity contribution in [3.8, 4) is 0 Å². The number of likely N-dealkylation sites (tertiary alicyclic amines) is 1. The molecule has 1 fully saturated rings. The molecular formula is C13H21N3OS. The third kappa shape index (κ3) is 2.84. The number of Topliss-reactive ketones (excluding diaryl/α,β-unsaturated/α-hetero) is 1. The van der Waals surface area contributed by atoms with E-state index in [1.54, 1.807) is 0 Å². The van der Waals surface area contributed by atoms with Crippen molar-refractivity contribution in [1.29, 1.82) is 0 Å². The number of carbonyl (C=O) groups is 1. The van der Waals surface area contributed by atoms with Crippen LogP contribution in [-0.2, 0) is 0 Å². The van der Waals surface area contributed by atoms with Gasteiger partial charge in [-0.1, -0.05) is 6.92 Å². The monoisotopic (exact) mass is 267 g/mol. The third-order valence-electron chi connectivity index (χ3n) is 3.52. The van der Waals surface area contributed by atoms with E-state index in [4.69, 9.17) is 5.73 Å². The van der Waals surface area contributed by atoms with Gasteiger partial charge in [-0.2, -0.15) is 0 Å². The molecule has 0 bridgehead atoms. The highest BCUT2D eigenvalue weighted by Crippen LogP contribution is 2.30. The number of likely N-dealkylation sites (N-methyl/N-ethyl adjacent to an activating group) is 1. The van der Waals surface area contributed by atoms with Crippen molar-refractivity contribution in [1.82, 2.24) is 4.90 Å². The van der Waals surface area contributed by atoms with Gasteiger partial charge in [-0.25, -0.2) is 0 Å². The highest BCUT2D eigenvalue weighted by molar-refractivity contribution is 7.18. The molecule has 1 atom stereocenters. The van der Waals surface area contributed by atoms with Crippen LogP contribution >= 0.6 is 11.3 Å². The Balaban J connectivity index is 1.95. The van der Waals surface area contributed by atoms with Gasteiger partial charge < -0.3 is 16.0 Å². The van der Waals surface area contributed by atoms with Crippen molar-refractivity contribution in [2.75, 3.05) is 31.2 Å². The fourth-order valence-corrected chi connectivity index (χ4v) is 3.32. The Morgan fingerprint density at radius 2 is 2.44 bits per heavy atom. The van der Waals surface area contributed by atoms with Crippen molar-refractivity contribution in [3.05, 3.63) is 10.9 Å². The summed E-state index contributed by atoms with van der Waals surface area (Å²) in [4.78, 5) is 14.7. The zero-order chi connectivity index (χ0) is 13.1. The molecule has 3 N–H and O–H groups in total. The topological polar surface area (TPSA) is 58.4 Å². The molecule has 100 valence electrons. The summed E-state index contributed by atoms with van der Waals surface area (Å²) in [5.74, 6) is 0.128. The lowest BCUT2D eigenvalue weighted by molar-refractivity contribution is 0.0993. The summed E-state index contributed by atoms with van der Waals surface area (Å²) in [5, 5.41) is 4.41. The Hall–Kier alpha value is -1.07. The summed E-state index contributed by atoms with van der Waals surface area (Å²) >= 11 is 1.47. The van der Waals surface area contributed by atoms with Crippen LogP contribution in [0.2, 0.25) is 0 Å². The standard InChI is InChI=1S/C13H21N3OS/c1-3-11(17)13-10(14)7-12(18-13)15-8-9-5-4-6-16(9)2/h7,9,15H,3-6,8,14H2,1-2H3. The van der Waals surface area contributed by atoms with Crippen LogP contribution in [0.3, 0.4) is 0 Å². The maximum absolute atomic E-state index is 11.7. The van der Waals surface area contributed by atoms with Gasteiger partial charge in [0.2, 0.25) is 0 Å². The fraction of sp³-hybridized carbons (Fsp3) is 0.615. The second kappa shape index (κ2) is 5.71. The number of rotatable bonds is 5. The summed E-state index contributed by atoms with van der Waals surface area (Å²) in [5.41, 5.74) is 6.47. The first-order valence-electron chi connectivity index (χ1n) is 6.48. The van der Waals surface area contributed by atoms with Gasteiger partial charge in [0.05, 0.1) is 15.6 Å². The number of anilines is 2. The molecule has 0 spiro atoms. The van der Waals surface area contributed by atoms with E-state index >= 15 is 0 Å². The summed E-state index contributed by atoms with van der Waals surface area (Å²) in [6.07, 6.45) is 3.02. The largest absolute Gasteiger partial charge is 0.397 e. The van der Waals surface area contributed by atoms with Gasteiger partial charge in [0, 0.05) is 19.0 Å². The Labute approximate surface area is 112 Å². The molecule has 0 amide bonds. The van der Waals surface area contributed by atoms with Crippen LogP contribution < -0.4 is 11.1 Å². The minimum absolute atomic E-state index is 0.128. The summed E-state index contributed by atoms with van der Waals surface area (Å²) < 4.78 is 0. The molecule has 1 unspecified atom stereocenters. The number of hydrogen-bond acceptors (Lipinski definition) is 5. The Bertz CT molecular complexity index is 430. The number of nitrogens with one attached hydrogen (secondary N) is 1. The van der Waals surface area contributed by atoms with Gasteiger partial charge in [-0.3, -0.25) is 4.79 Å². The van der Waals surface area contributed by atoms with Gasteiger partial charge in [0.1, 0.15) is 0 Å². The molecule has 1 aliphatic rings. The minimum Gasteiger partial charge on any atom is -0.397 e. The number of nitrogens with zero attached hydrogens (tertiary/aromatic N) is 1. The number of nitrogen functional groups attached to an aromatic ring is 1. The quantitative estimate of drug-likeness (QED) is 0.804. The highest BCUT2D eigenvalue weighted by atomic mass is 32.1. The first kappa shape index (κ1) is 13.4. The van der Waals surface area contributed by atoms with E-state index in [0.29, 0.717) is 23.0 Å². The molecule has 2 heterocycles. The van der Waals surface area contributed by atoms with E-state index in [2.05, 4.69) is 17.3 Å². The predicted molar refractivity (Wildman–Crippen MR) is 77.5 cm³/mol. The molecule has 1 aliphatic heterocycles. The number of hydrogen-bond donors (Lipinski definition) is 2. The molecule has 2 rings (SSSR count). The molecule has 1 saturated heterocycles. The second-order valence-corrected chi connectivity index (χ2v) is 5.88. The predicted octanol–water partition coefficient (Wildman–Crippen LogP) is 2.43. The van der Waals surface area contributed by atoms with E-state index in [1.165, 1.54) is 30.7 Å². The fourth-order valence-electron chi connectivity index (χ4n) is 2.33. The molecule has 0 radical (unpaired) electrons. The van der Waals surface area contributed by atoms with Crippen molar-refractivity contribution < 1.29 is 4.79 Å². The minimum atomic E-state index is 0.128. The van der Waals surface area contributed by atoms with Crippen LogP contribution in [0.5, 0.6) is 0 Å². The number of carbonyl (C=O) groups excluding carboxylic acids is 1. The normalized spacial score (nSPS) is 20.2. The smallest absolute Gasteiger partial charge is 0.174 e. The van der Waals surface area contributed by atoms with Crippen molar-refractivity contribution in [2.45, 2.75) is 32.2 Å². The number of thiophene rings is 1. The zero-order valence-corrected chi connectivity index (χ0v) is 11.8. The molecule has 18 heavy (non-hydrogen) atoms. The molecule has 1 aromatic heterocycles. The van der Waals surface area contributed by atoms with E-state index in [1.807, 2.05) is 13.0 Å². The SMILES string of the molecule is CCC(=O)c1sc(NCC2CCCN2C)cc1N. The van der Waals surface area contributed by atoms with Crippen molar-refractivity contribution in [2.24, 2.45) is 0 Å². The van der Waals surface area contributed by atoms with Gasteiger partial charge in [0.15, 0.2) is 5.78 Å². The molecule has 0 saturated carbocycles. The van der Waals surface area contributed by atoms with Crippen LogP contribution in [0, 0.1) is 0 Å². The average Bonchev–Trinajstić information content (AvgIpc) is 2.92. The molecule has 1 aromatic rings. The van der Waals surface area contributed by atoms with E-state index in [-0.39, 0.29) is 5.78 Å². The number of ketones is 1. The maximum Gasteiger partial charge on any atom is 0.174 e. The lowest BCUT2D eigenvalue weighted by Gasteiger charge is -2.19. The molecule has 0 aliphatic carbocycles. The van der Waals surface area contributed by atoms with Gasteiger partial charge in [0.25, 0.3) is 0 Å². The number of nitrogens with two attached hydrogens (primary N) is 1. The lowest BCUT2D eigenvalue weighted by Crippen LogP contribution is -2.31. The van der Waals surface area contributed by atoms with E-state index < -0.39 is 0 Å². The van der Waals surface area contributed by atoms with Gasteiger partial charge >= 0.3 is 0 Å². The first-order chi connectivity index (χ1) is 8.61. The van der Waals surface area contributed by atoms with Crippen LogP contribution in [0.15, 0.2) is 6.07 Å². The average molecular weight is 267 g/mol. The summed E-state index contributed by atoms with van der Waals surface area (Å²) in [6.45, 7) is 3.97. The van der Waals surface area contributed by atoms with Crippen LogP contribution in [-0.4, -0.2) is 36.9 Å². The Kier molecular flexibility index (Phi) is 4.24. The molecule has 5 heteroatoms. The molecular weight excluding hydrogens is 246 g/mol. The van der Waals surface area contributed by atoms with Crippen LogP contribution in [0.25, 0.3) is 0 Å². The summed E-state index contributed by atoms with van der Waals surface area (Å²) in [6, 6.07) is 2.47. The van der Waals surface area contributed by atoms with Crippen LogP contribution in [0.1, 0.15) is 35.9 Å². The lowest BCUT2D eigenvalue weighted by atomic mass is 10.2. The Morgan fingerprint density at radius 3 is 3.06 bits per heavy atom. The van der Waals surface area contributed by atoms with Crippen LogP contribution in [0.4, 0.5) is 10.7 Å². The highest BCUT2D eigenvalue weighted by Gasteiger charge is 2.21. The van der Waals surface area contributed by atoms with E-state index in [0.717, 1.165) is 11.5 Å². The first-order valence-corrected chi connectivity index (χ1v) is 7.30. The van der Waals surface area contributed by atoms with Crippen molar-refractivity contribution in [3.63, 3.8) is 0 Å².